The van der Waals surface area contributed by atoms with Crippen LogP contribution in [0.25, 0.3) is 0 Å². The molecule has 0 radical (unpaired) electrons. The minimum atomic E-state index is -0.472. The van der Waals surface area contributed by atoms with Gasteiger partial charge in [-0.25, -0.2) is 4.79 Å². The lowest BCUT2D eigenvalue weighted by Gasteiger charge is -2.14. The molecular weight excluding hydrogens is 230 g/mol. The number of imide groups is 1. The van der Waals surface area contributed by atoms with Crippen LogP contribution in [0.1, 0.15) is 34.6 Å². The van der Waals surface area contributed by atoms with E-state index in [1.54, 1.807) is 6.92 Å². The van der Waals surface area contributed by atoms with Crippen molar-refractivity contribution < 1.29 is 9.59 Å². The molecule has 5 heteroatoms. The SMILES string of the molecule is CNC(=O)NC(=O)C(C)NCC1C(C)(C)C1(C)C. The van der Waals surface area contributed by atoms with E-state index in [0.717, 1.165) is 6.54 Å². The predicted molar refractivity (Wildman–Crippen MR) is 71.1 cm³/mol. The van der Waals surface area contributed by atoms with Crippen molar-refractivity contribution in [2.45, 2.75) is 40.7 Å². The molecule has 0 aromatic rings. The van der Waals surface area contributed by atoms with Crippen molar-refractivity contribution in [2.75, 3.05) is 13.6 Å². The molecule has 1 saturated carbocycles. The summed E-state index contributed by atoms with van der Waals surface area (Å²) in [4.78, 5) is 22.6. The third kappa shape index (κ3) is 2.66. The van der Waals surface area contributed by atoms with Crippen LogP contribution in [0.15, 0.2) is 0 Å². The molecule has 0 bridgehead atoms. The van der Waals surface area contributed by atoms with Crippen LogP contribution in [-0.2, 0) is 4.79 Å². The molecule has 104 valence electrons. The highest BCUT2D eigenvalue weighted by Gasteiger charge is 2.63. The van der Waals surface area contributed by atoms with Gasteiger partial charge in [-0.15, -0.1) is 0 Å². The number of nitrogens with one attached hydrogen (secondary N) is 3. The van der Waals surface area contributed by atoms with Crippen LogP contribution in [0.5, 0.6) is 0 Å². The second-order valence-corrected chi connectivity index (χ2v) is 6.19. The highest BCUT2D eigenvalue weighted by Crippen LogP contribution is 2.67. The summed E-state index contributed by atoms with van der Waals surface area (Å²) in [5, 5.41) is 7.81. The van der Waals surface area contributed by atoms with Gasteiger partial charge in [0, 0.05) is 7.05 Å². The van der Waals surface area contributed by atoms with Crippen LogP contribution < -0.4 is 16.0 Å². The number of hydrogen-bond donors (Lipinski definition) is 3. The molecule has 0 aromatic carbocycles. The van der Waals surface area contributed by atoms with Crippen molar-refractivity contribution in [3.05, 3.63) is 0 Å². The molecule has 1 rings (SSSR count). The number of carbonyl (C=O) groups excluding carboxylic acids is 2. The second-order valence-electron chi connectivity index (χ2n) is 6.19. The lowest BCUT2D eigenvalue weighted by atomic mass is 10.0. The summed E-state index contributed by atoms with van der Waals surface area (Å²) in [6.07, 6.45) is 0. The lowest BCUT2D eigenvalue weighted by molar-refractivity contribution is -0.121. The smallest absolute Gasteiger partial charge is 0.321 e. The van der Waals surface area contributed by atoms with Gasteiger partial charge in [-0.05, 0) is 30.2 Å². The van der Waals surface area contributed by atoms with E-state index in [4.69, 9.17) is 0 Å². The van der Waals surface area contributed by atoms with Crippen LogP contribution in [0.4, 0.5) is 4.79 Å². The summed E-state index contributed by atoms with van der Waals surface area (Å²) in [7, 11) is 1.48. The van der Waals surface area contributed by atoms with Crippen molar-refractivity contribution in [1.29, 1.82) is 0 Å². The third-order valence-electron chi connectivity index (χ3n) is 4.80. The Morgan fingerprint density at radius 1 is 1.17 bits per heavy atom. The first-order chi connectivity index (χ1) is 8.14. The average molecular weight is 255 g/mol. The first kappa shape index (κ1) is 15.0. The molecule has 1 unspecified atom stereocenters. The molecule has 0 aliphatic heterocycles. The Morgan fingerprint density at radius 3 is 2.06 bits per heavy atom. The molecule has 0 heterocycles. The van der Waals surface area contributed by atoms with Crippen molar-refractivity contribution in [3.8, 4) is 0 Å². The van der Waals surface area contributed by atoms with E-state index in [2.05, 4.69) is 43.6 Å². The maximum Gasteiger partial charge on any atom is 0.321 e. The van der Waals surface area contributed by atoms with Gasteiger partial charge in [-0.1, -0.05) is 27.7 Å². The molecule has 3 N–H and O–H groups in total. The maximum absolute atomic E-state index is 11.6. The van der Waals surface area contributed by atoms with Gasteiger partial charge in [0.1, 0.15) is 0 Å². The highest BCUT2D eigenvalue weighted by atomic mass is 16.2. The first-order valence-corrected chi connectivity index (χ1v) is 6.40. The van der Waals surface area contributed by atoms with Crippen LogP contribution in [0, 0.1) is 16.7 Å². The molecular formula is C13H25N3O2. The van der Waals surface area contributed by atoms with Gasteiger partial charge >= 0.3 is 6.03 Å². The van der Waals surface area contributed by atoms with Gasteiger partial charge in [-0.2, -0.15) is 0 Å². The van der Waals surface area contributed by atoms with Gasteiger partial charge in [0.25, 0.3) is 0 Å². The fourth-order valence-electron chi connectivity index (χ4n) is 2.51. The van der Waals surface area contributed by atoms with Gasteiger partial charge in [0.15, 0.2) is 0 Å². The van der Waals surface area contributed by atoms with Crippen LogP contribution in [0.3, 0.4) is 0 Å². The molecule has 0 aromatic heterocycles. The molecule has 0 spiro atoms. The Labute approximate surface area is 109 Å². The Morgan fingerprint density at radius 2 is 1.67 bits per heavy atom. The van der Waals surface area contributed by atoms with E-state index in [1.807, 2.05) is 0 Å². The molecule has 1 atom stereocenters. The molecule has 3 amide bonds. The molecule has 1 aliphatic carbocycles. The predicted octanol–water partition coefficient (Wildman–Crippen LogP) is 1.10. The zero-order chi connectivity index (χ0) is 14.1. The standard InChI is InChI=1S/C13H25N3O2/c1-8(10(17)16-11(18)14-6)15-7-9-12(2,3)13(9,4)5/h8-9,15H,7H2,1-6H3,(H2,14,16,17,18). The largest absolute Gasteiger partial charge is 0.341 e. The van der Waals surface area contributed by atoms with Crippen LogP contribution in [0.2, 0.25) is 0 Å². The number of amides is 3. The quantitative estimate of drug-likeness (QED) is 0.704. The summed E-state index contributed by atoms with van der Waals surface area (Å²) in [5.74, 6) is 0.255. The summed E-state index contributed by atoms with van der Waals surface area (Å²) >= 11 is 0. The molecule has 1 aliphatic rings. The minimum absolute atomic E-state index is 0.300. The number of urea groups is 1. The van der Waals surface area contributed by atoms with E-state index >= 15 is 0 Å². The zero-order valence-corrected chi connectivity index (χ0v) is 12.2. The fraction of sp³-hybridized carbons (Fsp3) is 0.846. The van der Waals surface area contributed by atoms with Crippen molar-refractivity contribution in [1.82, 2.24) is 16.0 Å². The Hall–Kier alpha value is -1.10. The Kier molecular flexibility index (Phi) is 4.05. The normalized spacial score (nSPS) is 22.1. The fourth-order valence-corrected chi connectivity index (χ4v) is 2.51. The summed E-state index contributed by atoms with van der Waals surface area (Å²) < 4.78 is 0. The monoisotopic (exact) mass is 255 g/mol. The average Bonchev–Trinajstić information content (AvgIpc) is 2.66. The summed E-state index contributed by atoms with van der Waals surface area (Å²) in [5.41, 5.74) is 0.605. The van der Waals surface area contributed by atoms with Crippen molar-refractivity contribution in [3.63, 3.8) is 0 Å². The van der Waals surface area contributed by atoms with Crippen LogP contribution >= 0.6 is 0 Å². The van der Waals surface area contributed by atoms with E-state index in [1.165, 1.54) is 7.05 Å². The topological polar surface area (TPSA) is 70.2 Å². The second kappa shape index (κ2) is 4.88. The number of hydrogen-bond acceptors (Lipinski definition) is 3. The summed E-state index contributed by atoms with van der Waals surface area (Å²) in [6, 6.07) is -0.838. The maximum atomic E-state index is 11.6. The van der Waals surface area contributed by atoms with E-state index in [0.29, 0.717) is 16.7 Å². The Balaban J connectivity index is 2.37. The van der Waals surface area contributed by atoms with Crippen molar-refractivity contribution >= 4 is 11.9 Å². The van der Waals surface area contributed by atoms with Gasteiger partial charge in [-0.3, -0.25) is 10.1 Å². The van der Waals surface area contributed by atoms with Crippen molar-refractivity contribution in [2.24, 2.45) is 16.7 Å². The summed E-state index contributed by atoms with van der Waals surface area (Å²) in [6.45, 7) is 11.5. The Bertz CT molecular complexity index is 336. The molecule has 1 fully saturated rings. The molecule has 18 heavy (non-hydrogen) atoms. The van der Waals surface area contributed by atoms with E-state index in [9.17, 15) is 9.59 Å². The van der Waals surface area contributed by atoms with Gasteiger partial charge in [0.05, 0.1) is 6.04 Å². The van der Waals surface area contributed by atoms with E-state index in [-0.39, 0.29) is 11.9 Å². The van der Waals surface area contributed by atoms with Gasteiger partial charge < -0.3 is 10.6 Å². The van der Waals surface area contributed by atoms with Gasteiger partial charge in [0.2, 0.25) is 5.91 Å². The zero-order valence-electron chi connectivity index (χ0n) is 12.2. The highest BCUT2D eigenvalue weighted by molar-refractivity contribution is 5.96. The lowest BCUT2D eigenvalue weighted by Crippen LogP contribution is -2.47. The molecule has 5 nitrogen and oxygen atoms in total. The number of carbonyl (C=O) groups is 2. The van der Waals surface area contributed by atoms with Crippen LogP contribution in [-0.4, -0.2) is 31.6 Å². The minimum Gasteiger partial charge on any atom is -0.341 e. The number of rotatable bonds is 4. The third-order valence-corrected chi connectivity index (χ3v) is 4.80. The molecule has 0 saturated heterocycles. The van der Waals surface area contributed by atoms with E-state index < -0.39 is 6.03 Å². The first-order valence-electron chi connectivity index (χ1n) is 6.40.